The van der Waals surface area contributed by atoms with Crippen LogP contribution in [0.15, 0.2) is 18.2 Å². The lowest BCUT2D eigenvalue weighted by molar-refractivity contribution is 0.233. The molecule has 0 saturated carbocycles. The van der Waals surface area contributed by atoms with E-state index in [9.17, 15) is 0 Å². The number of benzene rings is 1. The van der Waals surface area contributed by atoms with Crippen LogP contribution in [0.3, 0.4) is 0 Å². The van der Waals surface area contributed by atoms with Crippen molar-refractivity contribution >= 4 is 11.6 Å². The molecule has 0 aliphatic carbocycles. The van der Waals surface area contributed by atoms with Gasteiger partial charge >= 0.3 is 0 Å². The molecule has 0 spiro atoms. The predicted octanol–water partition coefficient (Wildman–Crippen LogP) is 5.43. The zero-order chi connectivity index (χ0) is 15.7. The van der Waals surface area contributed by atoms with Crippen LogP contribution in [-0.2, 0) is 6.54 Å². The summed E-state index contributed by atoms with van der Waals surface area (Å²) in [6.45, 7) is 10.3. The lowest BCUT2D eigenvalue weighted by Crippen LogP contribution is -2.21. The maximum atomic E-state index is 6.32. The van der Waals surface area contributed by atoms with Crippen molar-refractivity contribution < 1.29 is 4.74 Å². The highest BCUT2D eigenvalue weighted by molar-refractivity contribution is 6.32. The van der Waals surface area contributed by atoms with Crippen molar-refractivity contribution in [2.24, 2.45) is 5.92 Å². The van der Waals surface area contributed by atoms with Crippen LogP contribution in [0.25, 0.3) is 0 Å². The topological polar surface area (TPSA) is 21.3 Å². The first-order valence-electron chi connectivity index (χ1n) is 8.21. The molecular weight excluding hydrogens is 282 g/mol. The minimum Gasteiger partial charge on any atom is -0.492 e. The van der Waals surface area contributed by atoms with Crippen LogP contribution in [0.2, 0.25) is 5.02 Å². The minimum atomic E-state index is 0.476. The molecule has 1 aromatic carbocycles. The van der Waals surface area contributed by atoms with E-state index >= 15 is 0 Å². The number of ether oxygens (including phenoxy) is 1. The Balaban J connectivity index is 2.51. The molecule has 1 N–H and O–H groups in total. The Morgan fingerprint density at radius 3 is 2.57 bits per heavy atom. The van der Waals surface area contributed by atoms with Crippen molar-refractivity contribution in [3.63, 3.8) is 0 Å². The first-order valence-corrected chi connectivity index (χ1v) is 8.59. The maximum absolute atomic E-state index is 6.32. The maximum Gasteiger partial charge on any atom is 0.137 e. The fourth-order valence-electron chi connectivity index (χ4n) is 2.20. The Morgan fingerprint density at radius 2 is 2.00 bits per heavy atom. The highest BCUT2D eigenvalue weighted by Crippen LogP contribution is 2.26. The number of hydrogen-bond acceptors (Lipinski definition) is 2. The summed E-state index contributed by atoms with van der Waals surface area (Å²) < 4.78 is 5.92. The SMILES string of the molecule is CCCCC(CC)COc1ccc(CNC(C)C)cc1Cl. The van der Waals surface area contributed by atoms with Gasteiger partial charge in [-0.15, -0.1) is 0 Å². The first-order chi connectivity index (χ1) is 10.1. The molecule has 0 fully saturated rings. The van der Waals surface area contributed by atoms with Gasteiger partial charge in [0.2, 0.25) is 0 Å². The Kier molecular flexibility index (Phi) is 8.79. The van der Waals surface area contributed by atoms with Gasteiger partial charge in [0.15, 0.2) is 0 Å². The second-order valence-electron chi connectivity index (χ2n) is 6.03. The lowest BCUT2D eigenvalue weighted by atomic mass is 10.0. The van der Waals surface area contributed by atoms with E-state index in [-0.39, 0.29) is 0 Å². The predicted molar refractivity (Wildman–Crippen MR) is 92.2 cm³/mol. The van der Waals surface area contributed by atoms with E-state index < -0.39 is 0 Å². The van der Waals surface area contributed by atoms with Crippen LogP contribution >= 0.6 is 11.6 Å². The monoisotopic (exact) mass is 311 g/mol. The molecule has 3 heteroatoms. The van der Waals surface area contributed by atoms with Gasteiger partial charge in [-0.1, -0.05) is 64.6 Å². The fourth-order valence-corrected chi connectivity index (χ4v) is 2.46. The number of halogens is 1. The Hall–Kier alpha value is -0.730. The molecule has 0 radical (unpaired) electrons. The van der Waals surface area contributed by atoms with Crippen molar-refractivity contribution in [1.29, 1.82) is 0 Å². The highest BCUT2D eigenvalue weighted by atomic mass is 35.5. The molecule has 1 aromatic rings. The third kappa shape index (κ3) is 7.19. The van der Waals surface area contributed by atoms with Crippen LogP contribution < -0.4 is 10.1 Å². The largest absolute Gasteiger partial charge is 0.492 e. The molecule has 0 bridgehead atoms. The van der Waals surface area contributed by atoms with Crippen LogP contribution in [0.5, 0.6) is 5.75 Å². The molecule has 0 aromatic heterocycles. The van der Waals surface area contributed by atoms with Gasteiger partial charge in [-0.2, -0.15) is 0 Å². The van der Waals surface area contributed by atoms with E-state index in [2.05, 4.69) is 39.1 Å². The molecule has 1 unspecified atom stereocenters. The van der Waals surface area contributed by atoms with Crippen LogP contribution in [0, 0.1) is 5.92 Å². The summed E-state index contributed by atoms with van der Waals surface area (Å²) >= 11 is 6.32. The average molecular weight is 312 g/mol. The normalized spacial score (nSPS) is 12.7. The molecule has 0 aliphatic rings. The molecule has 1 rings (SSSR count). The van der Waals surface area contributed by atoms with Crippen molar-refractivity contribution in [3.05, 3.63) is 28.8 Å². The zero-order valence-corrected chi connectivity index (χ0v) is 14.7. The third-order valence-corrected chi connectivity index (χ3v) is 4.02. The number of hydrogen-bond donors (Lipinski definition) is 1. The highest BCUT2D eigenvalue weighted by Gasteiger charge is 2.09. The summed E-state index contributed by atoms with van der Waals surface area (Å²) in [5.41, 5.74) is 1.19. The second-order valence-corrected chi connectivity index (χ2v) is 6.44. The molecule has 120 valence electrons. The van der Waals surface area contributed by atoms with Gasteiger partial charge in [-0.05, 0) is 30.0 Å². The first kappa shape index (κ1) is 18.3. The standard InChI is InChI=1S/C18H30ClNO/c1-5-7-8-15(6-2)13-21-18-10-9-16(11-17(18)19)12-20-14(3)4/h9-11,14-15,20H,5-8,12-13H2,1-4H3. The van der Waals surface area contributed by atoms with E-state index in [1.807, 2.05) is 12.1 Å². The van der Waals surface area contributed by atoms with Gasteiger partial charge in [0.25, 0.3) is 0 Å². The van der Waals surface area contributed by atoms with Crippen molar-refractivity contribution in [2.75, 3.05) is 6.61 Å². The Morgan fingerprint density at radius 1 is 1.24 bits per heavy atom. The number of rotatable bonds is 10. The third-order valence-electron chi connectivity index (χ3n) is 3.73. The lowest BCUT2D eigenvalue weighted by Gasteiger charge is -2.17. The molecule has 1 atom stereocenters. The van der Waals surface area contributed by atoms with E-state index in [1.54, 1.807) is 0 Å². The molecule has 0 heterocycles. The van der Waals surface area contributed by atoms with E-state index in [4.69, 9.17) is 16.3 Å². The Bertz CT molecular complexity index is 406. The van der Waals surface area contributed by atoms with Crippen LogP contribution in [0.4, 0.5) is 0 Å². The quantitative estimate of drug-likeness (QED) is 0.622. The van der Waals surface area contributed by atoms with Gasteiger partial charge in [-0.25, -0.2) is 0 Å². The van der Waals surface area contributed by atoms with E-state index in [1.165, 1.54) is 24.8 Å². The fraction of sp³-hybridized carbons (Fsp3) is 0.667. The number of nitrogens with one attached hydrogen (secondary N) is 1. The van der Waals surface area contributed by atoms with Gasteiger partial charge in [0.05, 0.1) is 11.6 Å². The van der Waals surface area contributed by atoms with Crippen LogP contribution in [0.1, 0.15) is 58.9 Å². The summed E-state index contributed by atoms with van der Waals surface area (Å²) in [6.07, 6.45) is 4.92. The van der Waals surface area contributed by atoms with Gasteiger partial charge in [0, 0.05) is 12.6 Å². The van der Waals surface area contributed by atoms with E-state index in [0.717, 1.165) is 25.3 Å². The molecule has 0 aliphatic heterocycles. The summed E-state index contributed by atoms with van der Waals surface area (Å²) in [5, 5.41) is 4.10. The average Bonchev–Trinajstić information content (AvgIpc) is 2.46. The summed E-state index contributed by atoms with van der Waals surface area (Å²) in [6, 6.07) is 6.55. The Labute approximate surface area is 135 Å². The molecule has 0 saturated heterocycles. The summed E-state index contributed by atoms with van der Waals surface area (Å²) in [4.78, 5) is 0. The van der Waals surface area contributed by atoms with Gasteiger partial charge < -0.3 is 10.1 Å². The summed E-state index contributed by atoms with van der Waals surface area (Å²) in [7, 11) is 0. The summed E-state index contributed by atoms with van der Waals surface area (Å²) in [5.74, 6) is 1.43. The van der Waals surface area contributed by atoms with Crippen molar-refractivity contribution in [3.8, 4) is 5.75 Å². The smallest absolute Gasteiger partial charge is 0.137 e. The molecule has 0 amide bonds. The van der Waals surface area contributed by atoms with E-state index in [0.29, 0.717) is 17.0 Å². The van der Waals surface area contributed by atoms with Crippen molar-refractivity contribution in [2.45, 2.75) is 66.0 Å². The van der Waals surface area contributed by atoms with Crippen molar-refractivity contribution in [1.82, 2.24) is 5.32 Å². The van der Waals surface area contributed by atoms with Crippen LogP contribution in [-0.4, -0.2) is 12.6 Å². The van der Waals surface area contributed by atoms with Gasteiger partial charge in [-0.3, -0.25) is 0 Å². The minimum absolute atomic E-state index is 0.476. The zero-order valence-electron chi connectivity index (χ0n) is 13.9. The second kappa shape index (κ2) is 10.1. The number of unbranched alkanes of at least 4 members (excludes halogenated alkanes) is 1. The molecular formula is C18H30ClNO. The molecule has 21 heavy (non-hydrogen) atoms. The van der Waals surface area contributed by atoms with Gasteiger partial charge in [0.1, 0.15) is 5.75 Å². The molecule has 2 nitrogen and oxygen atoms in total.